The van der Waals surface area contributed by atoms with Crippen molar-refractivity contribution in [3.8, 4) is 0 Å². The van der Waals surface area contributed by atoms with Gasteiger partial charge in [-0.25, -0.2) is 0 Å². The lowest BCUT2D eigenvalue weighted by atomic mass is 9.71. The highest BCUT2D eigenvalue weighted by Crippen LogP contribution is 2.21. The summed E-state index contributed by atoms with van der Waals surface area (Å²) in [6, 6.07) is 8.74. The summed E-state index contributed by atoms with van der Waals surface area (Å²) in [6.45, 7) is 11.3. The van der Waals surface area contributed by atoms with Crippen LogP contribution in [0, 0.1) is 24.0 Å². The third-order valence-electron chi connectivity index (χ3n) is 4.83. The number of nitro benzene ring substituents is 1. The molecule has 29 heavy (non-hydrogen) atoms. The lowest BCUT2D eigenvalue weighted by Gasteiger charge is -2.14. The summed E-state index contributed by atoms with van der Waals surface area (Å²) in [5.41, 5.74) is 3.77. The first-order valence-electron chi connectivity index (χ1n) is 9.49. The number of benzene rings is 2. The molecule has 0 unspecified atom stereocenters. The Balaban J connectivity index is 0.000000296. The summed E-state index contributed by atoms with van der Waals surface area (Å²) in [6.07, 6.45) is 0. The van der Waals surface area contributed by atoms with Gasteiger partial charge in [-0.1, -0.05) is 57.5 Å². The van der Waals surface area contributed by atoms with Gasteiger partial charge in [0.2, 0.25) is 0 Å². The van der Waals surface area contributed by atoms with E-state index in [4.69, 9.17) is 0 Å². The lowest BCUT2D eigenvalue weighted by molar-refractivity contribution is -0.385. The summed E-state index contributed by atoms with van der Waals surface area (Å²) in [7, 11) is -3.05. The molecule has 0 heterocycles. The molecule has 2 rings (SSSR count). The Morgan fingerprint density at radius 1 is 0.828 bits per heavy atom. The smallest absolute Gasteiger partial charge is 0.423 e. The van der Waals surface area contributed by atoms with Crippen molar-refractivity contribution in [3.63, 3.8) is 0 Å². The fourth-order valence-corrected chi connectivity index (χ4v) is 3.34. The third-order valence-corrected chi connectivity index (χ3v) is 4.83. The average Bonchev–Trinajstić information content (AvgIpc) is 2.60. The van der Waals surface area contributed by atoms with E-state index in [1.54, 1.807) is 6.07 Å². The maximum Gasteiger partial charge on any atom is 0.489 e. The lowest BCUT2D eigenvalue weighted by Crippen LogP contribution is -2.36. The van der Waals surface area contributed by atoms with Crippen molar-refractivity contribution in [1.82, 2.24) is 0 Å². The summed E-state index contributed by atoms with van der Waals surface area (Å²) < 4.78 is 0. The van der Waals surface area contributed by atoms with Crippen molar-refractivity contribution in [1.29, 1.82) is 0 Å². The highest BCUT2D eigenvalue weighted by molar-refractivity contribution is 6.60. The number of hydrogen-bond donors (Lipinski definition) is 4. The van der Waals surface area contributed by atoms with Gasteiger partial charge in [0, 0.05) is 11.6 Å². The van der Waals surface area contributed by atoms with Crippen LogP contribution in [-0.4, -0.2) is 39.3 Å². The zero-order chi connectivity index (χ0) is 22.5. The summed E-state index contributed by atoms with van der Waals surface area (Å²) in [5.74, 6) is 0.396. The molecule has 0 saturated heterocycles. The molecule has 2 aromatic carbocycles. The molecule has 0 aliphatic rings. The van der Waals surface area contributed by atoms with Gasteiger partial charge < -0.3 is 20.1 Å². The minimum absolute atomic E-state index is 0.0799. The molecule has 0 spiro atoms. The highest BCUT2D eigenvalue weighted by Gasteiger charge is 2.25. The molecule has 4 N–H and O–H groups in total. The average molecular weight is 401 g/mol. The Morgan fingerprint density at radius 2 is 1.31 bits per heavy atom. The van der Waals surface area contributed by atoms with Gasteiger partial charge in [0.25, 0.3) is 5.69 Å². The van der Waals surface area contributed by atoms with Gasteiger partial charge in [-0.2, -0.15) is 0 Å². The minimum Gasteiger partial charge on any atom is -0.423 e. The van der Waals surface area contributed by atoms with Crippen LogP contribution in [0.2, 0.25) is 0 Å². The Morgan fingerprint density at radius 3 is 1.69 bits per heavy atom. The molecule has 156 valence electrons. The molecule has 0 atom stereocenters. The van der Waals surface area contributed by atoms with Crippen LogP contribution in [0.25, 0.3) is 0 Å². The molecule has 0 saturated carbocycles. The zero-order valence-electron chi connectivity index (χ0n) is 17.7. The largest absolute Gasteiger partial charge is 0.489 e. The standard InChI is InChI=1S/C10H14BNO4.C10H15BO2/c1-6(2)8-4-5-9(12(15)16)7(3)10(8)11(13)14;1-7(2)9-6-4-5-8(3)10(9)11(12)13/h4-6,13-14H,1-3H3;4-7,12-13H,1-3H3. The first-order valence-corrected chi connectivity index (χ1v) is 9.49. The predicted octanol–water partition coefficient (Wildman–Crippen LogP) is 1.50. The second-order valence-electron chi connectivity index (χ2n) is 7.60. The third kappa shape index (κ3) is 6.14. The fourth-order valence-electron chi connectivity index (χ4n) is 3.34. The number of hydrogen-bond acceptors (Lipinski definition) is 6. The van der Waals surface area contributed by atoms with Crippen LogP contribution in [0.1, 0.15) is 61.8 Å². The molecule has 0 bridgehead atoms. The van der Waals surface area contributed by atoms with E-state index in [0.29, 0.717) is 16.9 Å². The zero-order valence-corrected chi connectivity index (χ0v) is 17.7. The number of nitro groups is 1. The van der Waals surface area contributed by atoms with Crippen LogP contribution in [0.15, 0.2) is 30.3 Å². The topological polar surface area (TPSA) is 124 Å². The predicted molar refractivity (Wildman–Crippen MR) is 117 cm³/mol. The first kappa shape index (κ1) is 24.8. The van der Waals surface area contributed by atoms with Crippen LogP contribution < -0.4 is 10.9 Å². The maximum atomic E-state index is 10.7. The van der Waals surface area contributed by atoms with Crippen molar-refractivity contribution in [2.45, 2.75) is 53.4 Å². The van der Waals surface area contributed by atoms with Gasteiger partial charge in [-0.15, -0.1) is 0 Å². The number of aryl methyl sites for hydroxylation is 1. The highest BCUT2D eigenvalue weighted by atomic mass is 16.6. The SMILES string of the molecule is Cc1c([N+](=O)[O-])ccc(C(C)C)c1B(O)O.Cc1cccc(C(C)C)c1B(O)O. The molecule has 0 aliphatic carbocycles. The number of rotatable bonds is 5. The second-order valence-corrected chi connectivity index (χ2v) is 7.60. The molecule has 9 heteroatoms. The van der Waals surface area contributed by atoms with E-state index in [1.165, 1.54) is 13.0 Å². The summed E-state index contributed by atoms with van der Waals surface area (Å²) >= 11 is 0. The van der Waals surface area contributed by atoms with Crippen molar-refractivity contribution in [3.05, 3.63) is 62.7 Å². The summed E-state index contributed by atoms with van der Waals surface area (Å²) in [5, 5.41) is 47.6. The van der Waals surface area contributed by atoms with E-state index < -0.39 is 19.2 Å². The van der Waals surface area contributed by atoms with Gasteiger partial charge in [0.15, 0.2) is 0 Å². The molecular weight excluding hydrogens is 372 g/mol. The van der Waals surface area contributed by atoms with Crippen LogP contribution in [-0.2, 0) is 0 Å². The van der Waals surface area contributed by atoms with E-state index in [9.17, 15) is 30.2 Å². The maximum absolute atomic E-state index is 10.7. The second kappa shape index (κ2) is 10.5. The van der Waals surface area contributed by atoms with Crippen LogP contribution >= 0.6 is 0 Å². The van der Waals surface area contributed by atoms with Gasteiger partial charge in [-0.05, 0) is 47.7 Å². The monoisotopic (exact) mass is 401 g/mol. The van der Waals surface area contributed by atoms with Crippen LogP contribution in [0.3, 0.4) is 0 Å². The molecule has 0 aliphatic heterocycles. The molecule has 0 radical (unpaired) electrons. The van der Waals surface area contributed by atoms with Crippen molar-refractivity contribution in [2.75, 3.05) is 0 Å². The Bertz CT molecular complexity index is 853. The van der Waals surface area contributed by atoms with Crippen molar-refractivity contribution < 1.29 is 25.0 Å². The van der Waals surface area contributed by atoms with E-state index in [0.717, 1.165) is 16.7 Å². The van der Waals surface area contributed by atoms with Gasteiger partial charge in [0.1, 0.15) is 0 Å². The molecule has 2 aromatic rings. The minimum atomic E-state index is -1.68. The van der Waals surface area contributed by atoms with Crippen LogP contribution in [0.4, 0.5) is 5.69 Å². The quantitative estimate of drug-likeness (QED) is 0.342. The molecule has 0 amide bonds. The van der Waals surface area contributed by atoms with E-state index >= 15 is 0 Å². The Labute approximate surface area is 172 Å². The molecule has 0 fully saturated rings. The Hall–Kier alpha value is -2.19. The van der Waals surface area contributed by atoms with E-state index in [-0.39, 0.29) is 17.1 Å². The molecule has 0 aromatic heterocycles. The Kier molecular flexibility index (Phi) is 9.04. The normalized spacial score (nSPS) is 10.6. The van der Waals surface area contributed by atoms with Gasteiger partial charge in [0.05, 0.1) is 4.92 Å². The van der Waals surface area contributed by atoms with Crippen molar-refractivity contribution in [2.24, 2.45) is 0 Å². The van der Waals surface area contributed by atoms with Gasteiger partial charge in [-0.3, -0.25) is 10.1 Å². The fraction of sp³-hybridized carbons (Fsp3) is 0.400. The van der Waals surface area contributed by atoms with Crippen LogP contribution in [0.5, 0.6) is 0 Å². The molecular formula is C20H29B2NO6. The van der Waals surface area contributed by atoms with Crippen molar-refractivity contribution >= 4 is 30.8 Å². The van der Waals surface area contributed by atoms with E-state index in [1.807, 2.05) is 52.8 Å². The summed E-state index contributed by atoms with van der Waals surface area (Å²) in [4.78, 5) is 10.2. The van der Waals surface area contributed by atoms with E-state index in [2.05, 4.69) is 0 Å². The first-order chi connectivity index (χ1) is 13.4. The molecule has 7 nitrogen and oxygen atoms in total. The van der Waals surface area contributed by atoms with Gasteiger partial charge >= 0.3 is 14.2 Å². The number of nitrogens with zero attached hydrogens (tertiary/aromatic N) is 1.